The van der Waals surface area contributed by atoms with Gasteiger partial charge < -0.3 is 5.32 Å². The molecule has 0 saturated carbocycles. The van der Waals surface area contributed by atoms with Crippen molar-refractivity contribution in [3.05, 3.63) is 47.0 Å². The summed E-state index contributed by atoms with van der Waals surface area (Å²) in [4.78, 5) is 0. The molecule has 0 amide bonds. The van der Waals surface area contributed by atoms with Crippen molar-refractivity contribution >= 4 is 33.3 Å². The molecule has 0 aliphatic heterocycles. The minimum Gasteiger partial charge on any atom is -0.368 e. The quantitative estimate of drug-likeness (QED) is 0.761. The summed E-state index contributed by atoms with van der Waals surface area (Å²) in [6.07, 6.45) is 1.35. The Balaban J connectivity index is 1.85. The van der Waals surface area contributed by atoms with Crippen LogP contribution in [0.4, 0.5) is 11.6 Å². The second-order valence-electron chi connectivity index (χ2n) is 5.03. The van der Waals surface area contributed by atoms with E-state index in [1.54, 1.807) is 19.1 Å². The van der Waals surface area contributed by atoms with Crippen molar-refractivity contribution in [2.75, 3.05) is 22.3 Å². The van der Waals surface area contributed by atoms with Gasteiger partial charge in [0, 0.05) is 11.6 Å². The van der Waals surface area contributed by atoms with Gasteiger partial charge in [0.05, 0.1) is 5.75 Å². The lowest BCUT2D eigenvalue weighted by Gasteiger charge is -2.08. The maximum absolute atomic E-state index is 11.6. The van der Waals surface area contributed by atoms with Gasteiger partial charge in [0.25, 0.3) is 0 Å². The van der Waals surface area contributed by atoms with Gasteiger partial charge in [0.15, 0.2) is 5.82 Å². The Morgan fingerprint density at radius 1 is 1.13 bits per heavy atom. The zero-order valence-corrected chi connectivity index (χ0v) is 14.4. The van der Waals surface area contributed by atoms with E-state index in [1.165, 1.54) is 0 Å². The van der Waals surface area contributed by atoms with Crippen molar-refractivity contribution < 1.29 is 8.42 Å². The van der Waals surface area contributed by atoms with Gasteiger partial charge in [-0.1, -0.05) is 30.7 Å². The van der Waals surface area contributed by atoms with Gasteiger partial charge >= 0.3 is 0 Å². The molecular weight excluding hydrogens is 336 g/mol. The number of benzene rings is 1. The van der Waals surface area contributed by atoms with Crippen LogP contribution in [0, 0.1) is 0 Å². The third-order valence-corrected chi connectivity index (χ3v) is 4.71. The lowest BCUT2D eigenvalue weighted by atomic mass is 10.1. The molecule has 23 heavy (non-hydrogen) atoms. The molecule has 0 fully saturated rings. The van der Waals surface area contributed by atoms with Crippen LogP contribution >= 0.6 is 11.6 Å². The highest BCUT2D eigenvalue weighted by molar-refractivity contribution is 7.92. The Morgan fingerprint density at radius 2 is 1.87 bits per heavy atom. The van der Waals surface area contributed by atoms with E-state index in [0.29, 0.717) is 23.8 Å². The Kier molecular flexibility index (Phi) is 6.18. The Bertz CT molecular complexity index is 735. The van der Waals surface area contributed by atoms with Gasteiger partial charge in [0.1, 0.15) is 5.82 Å². The maximum atomic E-state index is 11.6. The Labute approximate surface area is 141 Å². The molecule has 0 unspecified atom stereocenters. The molecule has 2 N–H and O–H groups in total. The molecular formula is C15H19ClN4O2S. The van der Waals surface area contributed by atoms with Gasteiger partial charge in [-0.2, -0.15) is 0 Å². The van der Waals surface area contributed by atoms with Crippen molar-refractivity contribution in [3.8, 4) is 0 Å². The van der Waals surface area contributed by atoms with Crippen molar-refractivity contribution in [1.29, 1.82) is 0 Å². The number of nitrogens with one attached hydrogen (secondary N) is 2. The first-order valence-electron chi connectivity index (χ1n) is 7.31. The summed E-state index contributed by atoms with van der Waals surface area (Å²) >= 11 is 5.93. The zero-order valence-electron chi connectivity index (χ0n) is 12.8. The van der Waals surface area contributed by atoms with Crippen LogP contribution in [0.25, 0.3) is 0 Å². The topological polar surface area (TPSA) is 84.0 Å². The standard InChI is InChI=1S/C15H19ClN4O2S/c1-2-10-23(21,22)20-15-7-6-14(18-19-15)17-9-8-12-4-3-5-13(16)11-12/h3-7,11H,2,8-10H2,1H3,(H,17,18)(H,19,20). The van der Waals surface area contributed by atoms with Crippen LogP contribution in [0.2, 0.25) is 5.02 Å². The van der Waals surface area contributed by atoms with Gasteiger partial charge in [0.2, 0.25) is 10.0 Å². The summed E-state index contributed by atoms with van der Waals surface area (Å²) in [7, 11) is -3.34. The minimum atomic E-state index is -3.34. The number of rotatable bonds is 8. The number of anilines is 2. The molecule has 1 heterocycles. The average molecular weight is 355 g/mol. The molecule has 0 spiro atoms. The van der Waals surface area contributed by atoms with E-state index in [-0.39, 0.29) is 11.6 Å². The van der Waals surface area contributed by atoms with Gasteiger partial charge in [-0.25, -0.2) is 8.42 Å². The summed E-state index contributed by atoms with van der Waals surface area (Å²) in [6, 6.07) is 10.9. The van der Waals surface area contributed by atoms with Crippen molar-refractivity contribution in [1.82, 2.24) is 10.2 Å². The molecule has 0 aliphatic rings. The summed E-state index contributed by atoms with van der Waals surface area (Å²) in [6.45, 7) is 2.48. The van der Waals surface area contributed by atoms with Gasteiger partial charge in [-0.3, -0.25) is 4.72 Å². The normalized spacial score (nSPS) is 11.2. The first kappa shape index (κ1) is 17.5. The largest absolute Gasteiger partial charge is 0.368 e. The third-order valence-electron chi connectivity index (χ3n) is 3.01. The first-order valence-corrected chi connectivity index (χ1v) is 9.34. The lowest BCUT2D eigenvalue weighted by molar-refractivity contribution is 0.599. The fraction of sp³-hybridized carbons (Fsp3) is 0.333. The number of nitrogens with zero attached hydrogens (tertiary/aromatic N) is 2. The molecule has 1 aromatic carbocycles. The number of halogens is 1. The smallest absolute Gasteiger partial charge is 0.233 e. The molecule has 8 heteroatoms. The molecule has 0 aliphatic carbocycles. The molecule has 0 saturated heterocycles. The predicted molar refractivity (Wildman–Crippen MR) is 93.4 cm³/mol. The number of hydrogen-bond donors (Lipinski definition) is 2. The summed E-state index contributed by atoms with van der Waals surface area (Å²) in [5, 5.41) is 11.7. The van der Waals surface area contributed by atoms with Crippen LogP contribution in [0.5, 0.6) is 0 Å². The lowest BCUT2D eigenvalue weighted by Crippen LogP contribution is -2.17. The summed E-state index contributed by atoms with van der Waals surface area (Å²) in [5.74, 6) is 0.873. The highest BCUT2D eigenvalue weighted by Crippen LogP contribution is 2.12. The predicted octanol–water partition coefficient (Wildman–Crippen LogP) is 2.94. The number of sulfonamides is 1. The Hall–Kier alpha value is -1.86. The van der Waals surface area contributed by atoms with E-state index in [2.05, 4.69) is 20.2 Å². The molecule has 1 aromatic heterocycles. The van der Waals surface area contributed by atoms with Crippen LogP contribution in [0.3, 0.4) is 0 Å². The van der Waals surface area contributed by atoms with Crippen LogP contribution in [0.15, 0.2) is 36.4 Å². The highest BCUT2D eigenvalue weighted by atomic mass is 35.5. The van der Waals surface area contributed by atoms with Crippen molar-refractivity contribution in [2.24, 2.45) is 0 Å². The molecule has 0 atom stereocenters. The highest BCUT2D eigenvalue weighted by Gasteiger charge is 2.09. The van der Waals surface area contributed by atoms with Crippen molar-refractivity contribution in [3.63, 3.8) is 0 Å². The zero-order chi connectivity index (χ0) is 16.7. The van der Waals surface area contributed by atoms with Crippen LogP contribution in [-0.4, -0.2) is 30.9 Å². The summed E-state index contributed by atoms with van der Waals surface area (Å²) in [5.41, 5.74) is 1.13. The molecule has 2 rings (SSSR count). The molecule has 124 valence electrons. The SMILES string of the molecule is CCCS(=O)(=O)Nc1ccc(NCCc2cccc(Cl)c2)nn1. The van der Waals surface area contributed by atoms with E-state index in [9.17, 15) is 8.42 Å². The average Bonchev–Trinajstić information content (AvgIpc) is 2.49. The van der Waals surface area contributed by atoms with E-state index >= 15 is 0 Å². The molecule has 0 bridgehead atoms. The molecule has 6 nitrogen and oxygen atoms in total. The van der Waals surface area contributed by atoms with Gasteiger partial charge in [-0.05, 0) is 42.7 Å². The number of hydrogen-bond acceptors (Lipinski definition) is 5. The van der Waals surface area contributed by atoms with E-state index in [4.69, 9.17) is 11.6 Å². The second-order valence-corrected chi connectivity index (χ2v) is 7.31. The fourth-order valence-corrected chi connectivity index (χ4v) is 3.27. The monoisotopic (exact) mass is 354 g/mol. The number of aromatic nitrogens is 2. The van der Waals surface area contributed by atoms with E-state index in [0.717, 1.165) is 12.0 Å². The van der Waals surface area contributed by atoms with E-state index in [1.807, 2.05) is 24.3 Å². The van der Waals surface area contributed by atoms with Crippen LogP contribution < -0.4 is 10.0 Å². The maximum Gasteiger partial charge on any atom is 0.233 e. The fourth-order valence-electron chi connectivity index (χ4n) is 1.99. The Morgan fingerprint density at radius 3 is 2.52 bits per heavy atom. The van der Waals surface area contributed by atoms with Crippen LogP contribution in [-0.2, 0) is 16.4 Å². The first-order chi connectivity index (χ1) is 11.0. The van der Waals surface area contributed by atoms with Gasteiger partial charge in [-0.15, -0.1) is 10.2 Å². The van der Waals surface area contributed by atoms with E-state index < -0.39 is 10.0 Å². The second kappa shape index (κ2) is 8.12. The van der Waals surface area contributed by atoms with Crippen LogP contribution in [0.1, 0.15) is 18.9 Å². The molecule has 0 radical (unpaired) electrons. The van der Waals surface area contributed by atoms with Crippen molar-refractivity contribution in [2.45, 2.75) is 19.8 Å². The summed E-state index contributed by atoms with van der Waals surface area (Å²) < 4.78 is 25.7. The minimum absolute atomic E-state index is 0.0638. The third kappa shape index (κ3) is 6.03. The molecule has 2 aromatic rings.